The highest BCUT2D eigenvalue weighted by molar-refractivity contribution is 6.09. The number of carbonyl (C=O) groups is 2. The summed E-state index contributed by atoms with van der Waals surface area (Å²) >= 11 is 0. The Kier molecular flexibility index (Phi) is 21.4. The minimum absolute atomic E-state index is 0.0853. The Bertz CT molecular complexity index is 2460. The molecule has 0 aromatic heterocycles. The standard InChI is InChI=1S/C46H38F6O5.C5H12.C2H6.CH3F/c1-7-9-30(56-31-20-12-26(13-21-31)44(55)39-34(47)24-33(45(2,3)4)40(49)43(39)52)10-8-11-36(54)38-35(48)25-37(41(50)42(38)51)57-32-22-16-28(17-23-32)46(5,6)27-14-18-29(53)19-15-27;1-4-5(2)3;2*1-2/h7-10,12-25,53H,1,11H2,2-6H3;5H,4H2,1-3H3;1-2H3;1H3/b10-8-,30-9+;;;. The summed E-state index contributed by atoms with van der Waals surface area (Å²) < 4.78 is 111. The number of ketones is 2. The van der Waals surface area contributed by atoms with Crippen LogP contribution < -0.4 is 9.47 Å². The van der Waals surface area contributed by atoms with Crippen molar-refractivity contribution < 1.29 is 54.9 Å². The van der Waals surface area contributed by atoms with Gasteiger partial charge in [-0.15, -0.1) is 0 Å². The van der Waals surface area contributed by atoms with E-state index in [-0.39, 0.29) is 34.1 Å². The predicted octanol–water partition coefficient (Wildman–Crippen LogP) is 15.8. The van der Waals surface area contributed by atoms with Crippen molar-refractivity contribution in [3.8, 4) is 23.0 Å². The highest BCUT2D eigenvalue weighted by atomic mass is 19.2. The first-order chi connectivity index (χ1) is 31.1. The van der Waals surface area contributed by atoms with Gasteiger partial charge in [-0.25, -0.2) is 22.0 Å². The molecule has 0 atom stereocenters. The number of phenols is 1. The van der Waals surface area contributed by atoms with Crippen molar-refractivity contribution in [3.05, 3.63) is 190 Å². The van der Waals surface area contributed by atoms with Gasteiger partial charge >= 0.3 is 0 Å². The molecule has 0 amide bonds. The second kappa shape index (κ2) is 25.3. The van der Waals surface area contributed by atoms with E-state index in [2.05, 4.69) is 27.4 Å². The summed E-state index contributed by atoms with van der Waals surface area (Å²) in [4.78, 5) is 25.9. The van der Waals surface area contributed by atoms with Crippen molar-refractivity contribution in [2.75, 3.05) is 7.18 Å². The first-order valence-electron chi connectivity index (χ1n) is 21.3. The maximum absolute atomic E-state index is 15.1. The van der Waals surface area contributed by atoms with Gasteiger partial charge in [-0.3, -0.25) is 14.0 Å². The Morgan fingerprint density at radius 3 is 1.70 bits per heavy atom. The van der Waals surface area contributed by atoms with E-state index in [9.17, 15) is 32.3 Å². The van der Waals surface area contributed by atoms with E-state index in [4.69, 9.17) is 9.47 Å². The molecule has 0 heterocycles. The SMILES string of the molecule is C=C/C=C(\C=C/CC(=O)c1c(F)cc(Oc2ccc(C(C)(C)c3ccc(O)cc3)cc2)c(F)c1F)Oc1ccc(C(=O)c2c(F)cc(C(C)(C)C)c(F)c2F)cc1.CC.CCC(C)C.CF. The van der Waals surface area contributed by atoms with E-state index in [1.807, 2.05) is 27.7 Å². The van der Waals surface area contributed by atoms with E-state index in [0.717, 1.165) is 23.1 Å². The van der Waals surface area contributed by atoms with Gasteiger partial charge in [-0.05, 0) is 94.8 Å². The van der Waals surface area contributed by atoms with E-state index in [1.165, 1.54) is 67.1 Å². The quantitative estimate of drug-likeness (QED) is 0.0395. The summed E-state index contributed by atoms with van der Waals surface area (Å²) in [6.07, 6.45) is 5.98. The van der Waals surface area contributed by atoms with Crippen LogP contribution in [0.4, 0.5) is 30.7 Å². The van der Waals surface area contributed by atoms with Crippen molar-refractivity contribution >= 4 is 11.6 Å². The average Bonchev–Trinajstić information content (AvgIpc) is 3.28. The first-order valence-corrected chi connectivity index (χ1v) is 21.3. The second-order valence-electron chi connectivity index (χ2n) is 16.4. The maximum Gasteiger partial charge on any atom is 0.202 e. The van der Waals surface area contributed by atoms with Gasteiger partial charge in [0.2, 0.25) is 5.82 Å². The smallest absolute Gasteiger partial charge is 0.202 e. The molecule has 354 valence electrons. The molecule has 1 N–H and O–H groups in total. The molecule has 0 aliphatic heterocycles. The third-order valence-electron chi connectivity index (χ3n) is 10.0. The number of allylic oxidation sites excluding steroid dienone is 4. The highest BCUT2D eigenvalue weighted by Crippen LogP contribution is 2.36. The van der Waals surface area contributed by atoms with Crippen LogP contribution in [-0.4, -0.2) is 23.9 Å². The molecular weight excluding hydrogens is 862 g/mol. The van der Waals surface area contributed by atoms with Crippen molar-refractivity contribution in [2.24, 2.45) is 5.92 Å². The van der Waals surface area contributed by atoms with E-state index < -0.39 is 80.6 Å². The van der Waals surface area contributed by atoms with Gasteiger partial charge in [-0.2, -0.15) is 4.39 Å². The molecule has 0 aliphatic carbocycles. The molecule has 0 radical (unpaired) electrons. The number of hydrogen-bond donors (Lipinski definition) is 1. The number of hydrogen-bond acceptors (Lipinski definition) is 5. The van der Waals surface area contributed by atoms with E-state index in [1.54, 1.807) is 57.2 Å². The molecule has 0 saturated carbocycles. The van der Waals surface area contributed by atoms with Gasteiger partial charge < -0.3 is 14.6 Å². The van der Waals surface area contributed by atoms with Crippen molar-refractivity contribution in [1.82, 2.24) is 0 Å². The molecule has 0 aliphatic rings. The van der Waals surface area contributed by atoms with Crippen LogP contribution >= 0.6 is 0 Å². The summed E-state index contributed by atoms with van der Waals surface area (Å²) in [6, 6.07) is 19.6. The summed E-state index contributed by atoms with van der Waals surface area (Å²) in [6.45, 7) is 22.9. The molecule has 0 unspecified atom stereocenters. The van der Waals surface area contributed by atoms with Gasteiger partial charge in [0.25, 0.3) is 0 Å². The number of ether oxygens (including phenoxy) is 2. The van der Waals surface area contributed by atoms with Crippen molar-refractivity contribution in [3.63, 3.8) is 0 Å². The fourth-order valence-corrected chi connectivity index (χ4v) is 5.94. The molecule has 12 heteroatoms. The number of aromatic hydroxyl groups is 1. The predicted molar refractivity (Wildman–Crippen MR) is 248 cm³/mol. The molecule has 0 spiro atoms. The lowest BCUT2D eigenvalue weighted by Crippen LogP contribution is -2.18. The number of halogens is 7. The number of carbonyl (C=O) groups excluding carboxylic acids is 2. The maximum atomic E-state index is 15.1. The van der Waals surface area contributed by atoms with Crippen LogP contribution in [0, 0.1) is 40.8 Å². The molecule has 0 bridgehead atoms. The molecule has 0 saturated heterocycles. The normalized spacial score (nSPS) is 11.4. The molecule has 66 heavy (non-hydrogen) atoms. The Hall–Kier alpha value is -6.43. The summed E-state index contributed by atoms with van der Waals surface area (Å²) in [7, 11) is 0.500. The number of phenolic OH excluding ortho intramolecular Hbond substituents is 1. The van der Waals surface area contributed by atoms with Crippen LogP contribution in [0.15, 0.2) is 122 Å². The lowest BCUT2D eigenvalue weighted by molar-refractivity contribution is 0.0984. The zero-order valence-electron chi connectivity index (χ0n) is 39.3. The lowest BCUT2D eigenvalue weighted by Gasteiger charge is -2.26. The summed E-state index contributed by atoms with van der Waals surface area (Å²) in [5.74, 6) is -10.4. The summed E-state index contributed by atoms with van der Waals surface area (Å²) in [5.41, 5.74) is -2.15. The third-order valence-corrected chi connectivity index (χ3v) is 10.0. The van der Waals surface area contributed by atoms with Crippen molar-refractivity contribution in [1.29, 1.82) is 0 Å². The fourth-order valence-electron chi connectivity index (χ4n) is 5.94. The summed E-state index contributed by atoms with van der Waals surface area (Å²) in [5, 5.41) is 9.62. The Morgan fingerprint density at radius 2 is 1.20 bits per heavy atom. The molecule has 5 nitrogen and oxygen atoms in total. The largest absolute Gasteiger partial charge is 0.508 e. The third kappa shape index (κ3) is 14.5. The Morgan fingerprint density at radius 1 is 0.712 bits per heavy atom. The van der Waals surface area contributed by atoms with Crippen LogP contribution in [0.25, 0.3) is 0 Å². The molecule has 5 aromatic carbocycles. The van der Waals surface area contributed by atoms with Gasteiger partial charge in [0.15, 0.2) is 34.8 Å². The number of benzene rings is 5. The lowest BCUT2D eigenvalue weighted by atomic mass is 9.78. The Balaban J connectivity index is 0.00000154. The fraction of sp³-hybridized carbons (Fsp3) is 0.296. The first kappa shape index (κ1) is 55.7. The molecule has 0 fully saturated rings. The van der Waals surface area contributed by atoms with Crippen LogP contribution in [0.3, 0.4) is 0 Å². The van der Waals surface area contributed by atoms with Gasteiger partial charge in [0.05, 0.1) is 18.3 Å². The van der Waals surface area contributed by atoms with E-state index in [0.29, 0.717) is 13.2 Å². The topological polar surface area (TPSA) is 72.8 Å². The molecular formula is C54H59F7O5. The zero-order chi connectivity index (χ0) is 50.1. The molecule has 5 aromatic rings. The average molecular weight is 921 g/mol. The minimum atomic E-state index is -1.73. The zero-order valence-corrected chi connectivity index (χ0v) is 39.3. The minimum Gasteiger partial charge on any atom is -0.508 e. The highest BCUT2D eigenvalue weighted by Gasteiger charge is 2.30. The van der Waals surface area contributed by atoms with Crippen LogP contribution in [0.1, 0.15) is 125 Å². The van der Waals surface area contributed by atoms with Crippen LogP contribution in [0.2, 0.25) is 0 Å². The monoisotopic (exact) mass is 920 g/mol. The number of alkyl halides is 1. The number of rotatable bonds is 14. The Labute approximate surface area is 384 Å². The van der Waals surface area contributed by atoms with Gasteiger partial charge in [0.1, 0.15) is 34.6 Å². The van der Waals surface area contributed by atoms with Gasteiger partial charge in [-0.1, -0.05) is 119 Å². The number of Topliss-reactive ketones (excluding diaryl/α,β-unsaturated/α-hetero) is 1. The molecule has 5 rings (SSSR count). The second-order valence-corrected chi connectivity index (χ2v) is 16.4. The van der Waals surface area contributed by atoms with Gasteiger partial charge in [0, 0.05) is 23.5 Å². The van der Waals surface area contributed by atoms with Crippen molar-refractivity contribution in [2.45, 2.75) is 92.9 Å². The van der Waals surface area contributed by atoms with Crippen LogP contribution in [0.5, 0.6) is 23.0 Å². The van der Waals surface area contributed by atoms with E-state index >= 15 is 13.2 Å². The van der Waals surface area contributed by atoms with Crippen LogP contribution in [-0.2, 0) is 10.8 Å².